The molecule has 0 saturated carbocycles. The van der Waals surface area contributed by atoms with Gasteiger partial charge in [0.05, 0.1) is 0 Å². The first-order valence-corrected chi connectivity index (χ1v) is 8.41. The molecular formula is C21H25NO. The van der Waals surface area contributed by atoms with E-state index in [0.29, 0.717) is 6.42 Å². The molecule has 0 aliphatic carbocycles. The van der Waals surface area contributed by atoms with Crippen LogP contribution in [0.1, 0.15) is 24.0 Å². The Morgan fingerprint density at radius 3 is 2.13 bits per heavy atom. The normalized spacial score (nSPS) is 17.8. The summed E-state index contributed by atoms with van der Waals surface area (Å²) in [6.07, 6.45) is 3.05. The summed E-state index contributed by atoms with van der Waals surface area (Å²) in [5, 5.41) is 11.5. The van der Waals surface area contributed by atoms with Gasteiger partial charge in [0.1, 0.15) is 5.60 Å². The summed E-state index contributed by atoms with van der Waals surface area (Å²) >= 11 is 0. The lowest BCUT2D eigenvalue weighted by atomic mass is 9.81. The highest BCUT2D eigenvalue weighted by Crippen LogP contribution is 2.33. The van der Waals surface area contributed by atoms with Crippen LogP contribution in [0.25, 0.3) is 0 Å². The second-order valence-corrected chi connectivity index (χ2v) is 6.48. The zero-order chi connectivity index (χ0) is 16.1. The molecule has 1 heterocycles. The smallest absolute Gasteiger partial charge is 0.116 e. The van der Waals surface area contributed by atoms with Crippen molar-refractivity contribution in [3.8, 4) is 0 Å². The molecule has 1 N–H and O–H groups in total. The topological polar surface area (TPSA) is 23.5 Å². The molecule has 2 aromatic carbocycles. The van der Waals surface area contributed by atoms with Gasteiger partial charge in [0.25, 0.3) is 0 Å². The first kappa shape index (κ1) is 16.0. The molecule has 0 amide bonds. The van der Waals surface area contributed by atoms with Crippen molar-refractivity contribution in [3.05, 3.63) is 83.9 Å². The van der Waals surface area contributed by atoms with E-state index in [9.17, 15) is 5.11 Å². The van der Waals surface area contributed by atoms with Gasteiger partial charge < -0.3 is 5.11 Å². The van der Waals surface area contributed by atoms with E-state index in [1.165, 1.54) is 12.8 Å². The minimum Gasteiger partial charge on any atom is -0.380 e. The Hall–Kier alpha value is -1.90. The summed E-state index contributed by atoms with van der Waals surface area (Å²) in [5.74, 6) is 0. The van der Waals surface area contributed by atoms with Crippen LogP contribution in [0.2, 0.25) is 0 Å². The van der Waals surface area contributed by atoms with E-state index in [1.807, 2.05) is 48.5 Å². The first-order valence-electron chi connectivity index (χ1n) is 8.41. The summed E-state index contributed by atoms with van der Waals surface area (Å²) in [6, 6.07) is 20.1. The number of nitrogens with zero attached hydrogens (tertiary/aromatic N) is 1. The van der Waals surface area contributed by atoms with E-state index in [0.717, 1.165) is 36.3 Å². The predicted octanol–water partition coefficient (Wildman–Crippen LogP) is 3.77. The Morgan fingerprint density at radius 2 is 1.52 bits per heavy atom. The maximum atomic E-state index is 11.5. The highest BCUT2D eigenvalue weighted by atomic mass is 16.3. The third-order valence-corrected chi connectivity index (χ3v) is 4.75. The van der Waals surface area contributed by atoms with Crippen LogP contribution in [0, 0.1) is 0 Å². The molecule has 1 atom stereocenters. The Bertz CT molecular complexity index is 631. The minimum absolute atomic E-state index is 0.560. The number of benzene rings is 2. The lowest BCUT2D eigenvalue weighted by molar-refractivity contribution is 0.0690. The molecule has 2 aromatic rings. The molecule has 23 heavy (non-hydrogen) atoms. The fourth-order valence-electron chi connectivity index (χ4n) is 3.38. The quantitative estimate of drug-likeness (QED) is 0.821. The van der Waals surface area contributed by atoms with Crippen LogP contribution in [0.4, 0.5) is 0 Å². The molecule has 0 aromatic heterocycles. The molecular weight excluding hydrogens is 282 g/mol. The SMILES string of the molecule is C=C(CN1CCCC1)C(O)(Cc1ccccc1)c1ccccc1. The number of aliphatic hydroxyl groups is 1. The van der Waals surface area contributed by atoms with Gasteiger partial charge in [0.15, 0.2) is 0 Å². The van der Waals surface area contributed by atoms with Gasteiger partial charge in [0.2, 0.25) is 0 Å². The summed E-state index contributed by atoms with van der Waals surface area (Å²) < 4.78 is 0. The molecule has 1 aliphatic rings. The van der Waals surface area contributed by atoms with Crippen molar-refractivity contribution in [1.29, 1.82) is 0 Å². The minimum atomic E-state index is -1.02. The van der Waals surface area contributed by atoms with Gasteiger partial charge in [-0.3, -0.25) is 4.90 Å². The van der Waals surface area contributed by atoms with E-state index in [-0.39, 0.29) is 0 Å². The molecule has 3 rings (SSSR count). The maximum Gasteiger partial charge on any atom is 0.116 e. The number of likely N-dealkylation sites (tertiary alicyclic amines) is 1. The third-order valence-electron chi connectivity index (χ3n) is 4.75. The van der Waals surface area contributed by atoms with Crippen molar-refractivity contribution < 1.29 is 5.11 Å². The maximum absolute atomic E-state index is 11.5. The van der Waals surface area contributed by atoms with E-state index >= 15 is 0 Å². The molecule has 120 valence electrons. The summed E-state index contributed by atoms with van der Waals surface area (Å²) in [5.41, 5.74) is 1.91. The zero-order valence-electron chi connectivity index (χ0n) is 13.6. The molecule has 1 aliphatic heterocycles. The van der Waals surface area contributed by atoms with Crippen LogP contribution >= 0.6 is 0 Å². The molecule has 0 spiro atoms. The van der Waals surface area contributed by atoms with Gasteiger partial charge in [-0.2, -0.15) is 0 Å². The number of hydrogen-bond donors (Lipinski definition) is 1. The van der Waals surface area contributed by atoms with Crippen LogP contribution in [0.5, 0.6) is 0 Å². The second-order valence-electron chi connectivity index (χ2n) is 6.48. The van der Waals surface area contributed by atoms with Gasteiger partial charge in [0, 0.05) is 13.0 Å². The van der Waals surface area contributed by atoms with Crippen molar-refractivity contribution >= 4 is 0 Å². The summed E-state index contributed by atoms with van der Waals surface area (Å²) in [6.45, 7) is 7.25. The predicted molar refractivity (Wildman–Crippen MR) is 95.3 cm³/mol. The Morgan fingerprint density at radius 1 is 0.957 bits per heavy atom. The molecule has 2 heteroatoms. The van der Waals surface area contributed by atoms with Crippen molar-refractivity contribution in [2.75, 3.05) is 19.6 Å². The first-order chi connectivity index (χ1) is 11.2. The van der Waals surface area contributed by atoms with E-state index < -0.39 is 5.60 Å². The van der Waals surface area contributed by atoms with E-state index in [4.69, 9.17) is 0 Å². The zero-order valence-corrected chi connectivity index (χ0v) is 13.6. The van der Waals surface area contributed by atoms with Crippen molar-refractivity contribution in [1.82, 2.24) is 4.90 Å². The Labute approximate surface area is 139 Å². The van der Waals surface area contributed by atoms with Crippen molar-refractivity contribution in [2.45, 2.75) is 24.9 Å². The van der Waals surface area contributed by atoms with Crippen molar-refractivity contribution in [2.24, 2.45) is 0 Å². The highest BCUT2D eigenvalue weighted by Gasteiger charge is 2.33. The summed E-state index contributed by atoms with van der Waals surface area (Å²) in [4.78, 5) is 2.39. The van der Waals surface area contributed by atoms with Crippen LogP contribution in [0.15, 0.2) is 72.8 Å². The highest BCUT2D eigenvalue weighted by molar-refractivity contribution is 5.35. The molecule has 0 radical (unpaired) electrons. The van der Waals surface area contributed by atoms with E-state index in [2.05, 4.69) is 23.6 Å². The average Bonchev–Trinajstić information content (AvgIpc) is 3.09. The summed E-state index contributed by atoms with van der Waals surface area (Å²) in [7, 11) is 0. The molecule has 1 unspecified atom stereocenters. The van der Waals surface area contributed by atoms with Crippen LogP contribution < -0.4 is 0 Å². The fourth-order valence-corrected chi connectivity index (χ4v) is 3.38. The lowest BCUT2D eigenvalue weighted by Crippen LogP contribution is -2.36. The second kappa shape index (κ2) is 7.12. The molecule has 1 fully saturated rings. The molecule has 2 nitrogen and oxygen atoms in total. The van der Waals surface area contributed by atoms with Gasteiger partial charge in [-0.1, -0.05) is 67.2 Å². The number of rotatable bonds is 6. The van der Waals surface area contributed by atoms with Gasteiger partial charge in [-0.15, -0.1) is 0 Å². The largest absolute Gasteiger partial charge is 0.380 e. The van der Waals surface area contributed by atoms with Crippen LogP contribution in [-0.4, -0.2) is 29.6 Å². The Kier molecular flexibility index (Phi) is 4.94. The van der Waals surface area contributed by atoms with Gasteiger partial charge in [-0.25, -0.2) is 0 Å². The van der Waals surface area contributed by atoms with Gasteiger partial charge in [-0.05, 0) is 42.6 Å². The lowest BCUT2D eigenvalue weighted by Gasteiger charge is -2.33. The standard InChI is InChI=1S/C21H25NO/c1-18(17-22-14-8-9-15-22)21(23,20-12-6-3-7-13-20)16-19-10-4-2-5-11-19/h2-7,10-13,23H,1,8-9,14-17H2. The van der Waals surface area contributed by atoms with Crippen molar-refractivity contribution in [3.63, 3.8) is 0 Å². The Balaban J connectivity index is 1.87. The van der Waals surface area contributed by atoms with Crippen LogP contribution in [0.3, 0.4) is 0 Å². The van der Waals surface area contributed by atoms with E-state index in [1.54, 1.807) is 0 Å². The third kappa shape index (κ3) is 3.72. The molecule has 0 bridgehead atoms. The van der Waals surface area contributed by atoms with Crippen LogP contribution in [-0.2, 0) is 12.0 Å². The number of hydrogen-bond acceptors (Lipinski definition) is 2. The average molecular weight is 307 g/mol. The molecule has 1 saturated heterocycles. The van der Waals surface area contributed by atoms with Gasteiger partial charge >= 0.3 is 0 Å². The fraction of sp³-hybridized carbons (Fsp3) is 0.333. The monoisotopic (exact) mass is 307 g/mol.